The number of fused-ring (bicyclic) bond motifs is 2. The molecule has 1 N–H and O–H groups in total. The van der Waals surface area contributed by atoms with Crippen LogP contribution in [0.4, 0.5) is 5.69 Å². The summed E-state index contributed by atoms with van der Waals surface area (Å²) in [5.74, 6) is 1.35. The molecular formula is C24H26N2O4. The molecule has 0 aliphatic carbocycles. The van der Waals surface area contributed by atoms with Gasteiger partial charge in [-0.3, -0.25) is 9.59 Å². The van der Waals surface area contributed by atoms with Gasteiger partial charge in [0.1, 0.15) is 0 Å². The highest BCUT2D eigenvalue weighted by atomic mass is 16.7. The molecule has 1 aromatic heterocycles. The van der Waals surface area contributed by atoms with E-state index in [4.69, 9.17) is 9.47 Å². The Kier molecular flexibility index (Phi) is 5.24. The number of amides is 1. The zero-order chi connectivity index (χ0) is 21.3. The van der Waals surface area contributed by atoms with E-state index in [1.54, 1.807) is 22.9 Å². The predicted molar refractivity (Wildman–Crippen MR) is 117 cm³/mol. The number of pyridine rings is 1. The SMILES string of the molecule is CC(C)(C)Cn1ccc2c(NC(=O)CCc3ccc4c(c3)OCO4)cccc2c1=O. The second-order valence-electron chi connectivity index (χ2n) is 8.81. The molecule has 1 amide bonds. The second kappa shape index (κ2) is 7.86. The number of hydrogen-bond acceptors (Lipinski definition) is 4. The van der Waals surface area contributed by atoms with Gasteiger partial charge >= 0.3 is 0 Å². The number of carbonyl (C=O) groups is 1. The number of nitrogens with zero attached hydrogens (tertiary/aromatic N) is 1. The Bertz CT molecular complexity index is 1160. The normalized spacial score (nSPS) is 12.9. The van der Waals surface area contributed by atoms with E-state index in [-0.39, 0.29) is 23.7 Å². The maximum Gasteiger partial charge on any atom is 0.258 e. The van der Waals surface area contributed by atoms with Crippen LogP contribution in [0.5, 0.6) is 11.5 Å². The fraction of sp³-hybridized carbons (Fsp3) is 0.333. The van der Waals surface area contributed by atoms with Crippen molar-refractivity contribution in [3.05, 3.63) is 64.6 Å². The number of hydrogen-bond donors (Lipinski definition) is 1. The van der Waals surface area contributed by atoms with Crippen molar-refractivity contribution in [1.82, 2.24) is 4.57 Å². The van der Waals surface area contributed by atoms with Crippen molar-refractivity contribution in [2.45, 2.75) is 40.2 Å². The maximum absolute atomic E-state index is 12.9. The van der Waals surface area contributed by atoms with Crippen LogP contribution in [-0.2, 0) is 17.8 Å². The lowest BCUT2D eigenvalue weighted by Crippen LogP contribution is -2.26. The topological polar surface area (TPSA) is 69.6 Å². The first-order valence-corrected chi connectivity index (χ1v) is 10.1. The molecule has 6 heteroatoms. The summed E-state index contributed by atoms with van der Waals surface area (Å²) >= 11 is 0. The molecule has 0 radical (unpaired) electrons. The van der Waals surface area contributed by atoms with Crippen molar-refractivity contribution in [2.24, 2.45) is 5.41 Å². The van der Waals surface area contributed by atoms with Gasteiger partial charge < -0.3 is 19.4 Å². The number of aromatic nitrogens is 1. The molecule has 0 unspecified atom stereocenters. The van der Waals surface area contributed by atoms with Crippen molar-refractivity contribution in [2.75, 3.05) is 12.1 Å². The number of benzene rings is 2. The van der Waals surface area contributed by atoms with Gasteiger partial charge in [0.15, 0.2) is 11.5 Å². The zero-order valence-electron chi connectivity index (χ0n) is 17.5. The molecule has 0 spiro atoms. The summed E-state index contributed by atoms with van der Waals surface area (Å²) in [6, 6.07) is 13.0. The van der Waals surface area contributed by atoms with E-state index >= 15 is 0 Å². The first-order chi connectivity index (χ1) is 14.3. The number of ether oxygens (including phenoxy) is 2. The summed E-state index contributed by atoms with van der Waals surface area (Å²) in [7, 11) is 0. The highest BCUT2D eigenvalue weighted by Gasteiger charge is 2.16. The third kappa shape index (κ3) is 4.32. The smallest absolute Gasteiger partial charge is 0.258 e. The van der Waals surface area contributed by atoms with E-state index in [1.807, 2.05) is 30.3 Å². The highest BCUT2D eigenvalue weighted by molar-refractivity contribution is 6.01. The molecule has 6 nitrogen and oxygen atoms in total. The van der Waals surface area contributed by atoms with Crippen LogP contribution in [0.25, 0.3) is 10.8 Å². The van der Waals surface area contributed by atoms with Crippen molar-refractivity contribution < 1.29 is 14.3 Å². The van der Waals surface area contributed by atoms with Gasteiger partial charge in [0, 0.05) is 35.6 Å². The van der Waals surface area contributed by atoms with Crippen LogP contribution in [0.2, 0.25) is 0 Å². The number of aryl methyl sites for hydroxylation is 1. The van der Waals surface area contributed by atoms with E-state index in [0.717, 1.165) is 16.7 Å². The Morgan fingerprint density at radius 1 is 1.07 bits per heavy atom. The van der Waals surface area contributed by atoms with Crippen LogP contribution in [-0.4, -0.2) is 17.3 Å². The molecule has 0 bridgehead atoms. The lowest BCUT2D eigenvalue weighted by Gasteiger charge is -2.20. The number of rotatable bonds is 5. The largest absolute Gasteiger partial charge is 0.454 e. The predicted octanol–water partition coefficient (Wildman–Crippen LogP) is 4.35. The molecule has 1 aliphatic rings. The molecule has 0 atom stereocenters. The van der Waals surface area contributed by atoms with E-state index in [0.29, 0.717) is 36.2 Å². The Morgan fingerprint density at radius 2 is 1.87 bits per heavy atom. The fourth-order valence-electron chi connectivity index (χ4n) is 3.63. The highest BCUT2D eigenvalue weighted by Crippen LogP contribution is 2.32. The van der Waals surface area contributed by atoms with Crippen LogP contribution in [0.3, 0.4) is 0 Å². The molecule has 2 aromatic carbocycles. The summed E-state index contributed by atoms with van der Waals surface area (Å²) in [5, 5.41) is 4.32. The standard InChI is InChI=1S/C24H26N2O4/c1-24(2,3)14-26-12-11-17-18(23(26)28)5-4-6-19(17)25-22(27)10-8-16-7-9-20-21(13-16)30-15-29-20/h4-7,9,11-13H,8,10,14-15H2,1-3H3,(H,25,27). The second-order valence-corrected chi connectivity index (χ2v) is 8.81. The minimum absolute atomic E-state index is 0.00193. The summed E-state index contributed by atoms with van der Waals surface area (Å²) in [4.78, 5) is 25.4. The van der Waals surface area contributed by atoms with Crippen LogP contribution < -0.4 is 20.3 Å². The van der Waals surface area contributed by atoms with E-state index in [2.05, 4.69) is 26.1 Å². The van der Waals surface area contributed by atoms with Crippen LogP contribution >= 0.6 is 0 Å². The summed E-state index contributed by atoms with van der Waals surface area (Å²) in [6.45, 7) is 7.16. The molecule has 156 valence electrons. The number of anilines is 1. The number of carbonyl (C=O) groups excluding carboxylic acids is 1. The van der Waals surface area contributed by atoms with Gasteiger partial charge in [-0.05, 0) is 47.7 Å². The van der Waals surface area contributed by atoms with Gasteiger partial charge in [-0.15, -0.1) is 0 Å². The molecule has 1 aliphatic heterocycles. The third-order valence-electron chi connectivity index (χ3n) is 5.02. The van der Waals surface area contributed by atoms with Crippen molar-refractivity contribution in [3.63, 3.8) is 0 Å². The quantitative estimate of drug-likeness (QED) is 0.684. The van der Waals surface area contributed by atoms with Crippen LogP contribution in [0.1, 0.15) is 32.8 Å². The average molecular weight is 406 g/mol. The monoisotopic (exact) mass is 406 g/mol. The number of nitrogens with one attached hydrogen (secondary N) is 1. The van der Waals surface area contributed by atoms with Crippen molar-refractivity contribution in [1.29, 1.82) is 0 Å². The molecule has 4 rings (SSSR count). The maximum atomic E-state index is 12.9. The fourth-order valence-corrected chi connectivity index (χ4v) is 3.63. The lowest BCUT2D eigenvalue weighted by atomic mass is 9.96. The zero-order valence-corrected chi connectivity index (χ0v) is 17.5. The van der Waals surface area contributed by atoms with Gasteiger partial charge in [-0.2, -0.15) is 0 Å². The van der Waals surface area contributed by atoms with Crippen LogP contribution in [0.15, 0.2) is 53.5 Å². The van der Waals surface area contributed by atoms with E-state index < -0.39 is 0 Å². The molecular weight excluding hydrogens is 380 g/mol. The lowest BCUT2D eigenvalue weighted by molar-refractivity contribution is -0.116. The molecule has 0 saturated heterocycles. The van der Waals surface area contributed by atoms with E-state index in [1.165, 1.54) is 0 Å². The van der Waals surface area contributed by atoms with Crippen molar-refractivity contribution >= 4 is 22.4 Å². The summed E-state index contributed by atoms with van der Waals surface area (Å²) in [5.41, 5.74) is 1.62. The van der Waals surface area contributed by atoms with Crippen LogP contribution in [0, 0.1) is 5.41 Å². The van der Waals surface area contributed by atoms with Gasteiger partial charge in [0.25, 0.3) is 5.56 Å². The Balaban J connectivity index is 1.48. The van der Waals surface area contributed by atoms with Gasteiger partial charge in [0.05, 0.1) is 0 Å². The van der Waals surface area contributed by atoms with Gasteiger partial charge in [-0.25, -0.2) is 0 Å². The summed E-state index contributed by atoms with van der Waals surface area (Å²) in [6.07, 6.45) is 2.72. The third-order valence-corrected chi connectivity index (χ3v) is 5.02. The average Bonchev–Trinajstić information content (AvgIpc) is 3.16. The molecule has 2 heterocycles. The first kappa shape index (κ1) is 20.0. The molecule has 30 heavy (non-hydrogen) atoms. The molecule has 0 saturated carbocycles. The summed E-state index contributed by atoms with van der Waals surface area (Å²) < 4.78 is 12.4. The van der Waals surface area contributed by atoms with Gasteiger partial charge in [0.2, 0.25) is 12.7 Å². The first-order valence-electron chi connectivity index (χ1n) is 10.1. The van der Waals surface area contributed by atoms with Gasteiger partial charge in [-0.1, -0.05) is 32.9 Å². The molecule has 3 aromatic rings. The van der Waals surface area contributed by atoms with E-state index in [9.17, 15) is 9.59 Å². The Hall–Kier alpha value is -3.28. The minimum Gasteiger partial charge on any atom is -0.454 e. The molecule has 0 fully saturated rings. The minimum atomic E-state index is -0.0981. The Labute approximate surface area is 175 Å². The Morgan fingerprint density at radius 3 is 2.67 bits per heavy atom. The van der Waals surface area contributed by atoms with Crippen molar-refractivity contribution in [3.8, 4) is 11.5 Å².